The monoisotopic (exact) mass is 384 g/mol. The van der Waals surface area contributed by atoms with Crippen LogP contribution < -0.4 is 4.57 Å². The van der Waals surface area contributed by atoms with Crippen molar-refractivity contribution >= 4 is 21.9 Å². The molecule has 2 aromatic heterocycles. The summed E-state index contributed by atoms with van der Waals surface area (Å²) in [6, 6.07) is 19.7. The number of nitrogens with zero attached hydrogens (tertiary/aromatic N) is 1. The van der Waals surface area contributed by atoms with Gasteiger partial charge < -0.3 is 4.42 Å². The molecular formula is C27H30NO+. The smallest absolute Gasteiger partial charge is 0.217 e. The average molecular weight is 385 g/mol. The zero-order valence-corrected chi connectivity index (χ0v) is 18.0. The summed E-state index contributed by atoms with van der Waals surface area (Å²) in [6.07, 6.45) is 6.86. The fourth-order valence-corrected chi connectivity index (χ4v) is 6.11. The molecule has 2 aromatic carbocycles. The first-order valence-electron chi connectivity index (χ1n) is 11.1. The van der Waals surface area contributed by atoms with E-state index < -0.39 is 0 Å². The molecule has 29 heavy (non-hydrogen) atoms. The topological polar surface area (TPSA) is 17.0 Å². The van der Waals surface area contributed by atoms with Gasteiger partial charge in [-0.3, -0.25) is 0 Å². The highest BCUT2D eigenvalue weighted by molar-refractivity contribution is 6.10. The number of hydrogen-bond acceptors (Lipinski definition) is 1. The summed E-state index contributed by atoms with van der Waals surface area (Å²) in [7, 11) is 0. The van der Waals surface area contributed by atoms with Crippen molar-refractivity contribution in [3.05, 3.63) is 66.4 Å². The van der Waals surface area contributed by atoms with E-state index in [9.17, 15) is 0 Å². The highest BCUT2D eigenvalue weighted by atomic mass is 16.3. The number of rotatable bonds is 4. The van der Waals surface area contributed by atoms with Gasteiger partial charge >= 0.3 is 0 Å². The van der Waals surface area contributed by atoms with Crippen LogP contribution in [0.5, 0.6) is 0 Å². The Morgan fingerprint density at radius 1 is 0.862 bits per heavy atom. The van der Waals surface area contributed by atoms with Crippen LogP contribution in [0.1, 0.15) is 58.9 Å². The number of para-hydroxylation sites is 1. The van der Waals surface area contributed by atoms with Gasteiger partial charge in [-0.2, -0.15) is 4.57 Å². The van der Waals surface area contributed by atoms with E-state index >= 15 is 0 Å². The second-order valence-corrected chi connectivity index (χ2v) is 8.74. The summed E-state index contributed by atoms with van der Waals surface area (Å²) >= 11 is 0. The molecule has 0 saturated carbocycles. The van der Waals surface area contributed by atoms with E-state index in [1.807, 2.05) is 0 Å². The van der Waals surface area contributed by atoms with Crippen molar-refractivity contribution in [2.24, 2.45) is 0 Å². The summed E-state index contributed by atoms with van der Waals surface area (Å²) in [5, 5.41) is 2.42. The first-order valence-corrected chi connectivity index (χ1v) is 11.1. The minimum atomic E-state index is 0.0410. The molecule has 0 N–H and O–H groups in total. The van der Waals surface area contributed by atoms with Gasteiger partial charge in [0.1, 0.15) is 11.2 Å². The van der Waals surface area contributed by atoms with E-state index in [1.54, 1.807) is 0 Å². The average Bonchev–Trinajstić information content (AvgIpc) is 3.15. The van der Waals surface area contributed by atoms with Gasteiger partial charge in [0.25, 0.3) is 0 Å². The van der Waals surface area contributed by atoms with Crippen molar-refractivity contribution < 1.29 is 8.98 Å². The third-order valence-corrected chi connectivity index (χ3v) is 7.70. The van der Waals surface area contributed by atoms with Gasteiger partial charge in [-0.15, -0.1) is 0 Å². The molecule has 3 heterocycles. The largest absolute Gasteiger partial charge is 0.455 e. The summed E-state index contributed by atoms with van der Waals surface area (Å²) in [4.78, 5) is 0. The van der Waals surface area contributed by atoms with Crippen LogP contribution in [0, 0.1) is 0 Å². The van der Waals surface area contributed by atoms with Crippen LogP contribution in [0.15, 0.2) is 65.2 Å². The van der Waals surface area contributed by atoms with Crippen LogP contribution >= 0.6 is 0 Å². The lowest BCUT2D eigenvalue weighted by molar-refractivity contribution is -0.770. The minimum Gasteiger partial charge on any atom is -0.455 e. The number of hydrogen-bond donors (Lipinski definition) is 0. The van der Waals surface area contributed by atoms with Gasteiger partial charge in [-0.25, -0.2) is 0 Å². The van der Waals surface area contributed by atoms with Gasteiger partial charge in [0, 0.05) is 35.7 Å². The van der Waals surface area contributed by atoms with Gasteiger partial charge in [0.15, 0.2) is 11.7 Å². The fraction of sp³-hybridized carbons (Fsp3) is 0.370. The molecule has 2 unspecified atom stereocenters. The standard InChI is InChI=1S/C27H30NO/c1-5-17-27(7-3)26(4,6-2)21-16-15-20-19-12-8-9-14-23(19)29-25(20)24(21)22-13-10-11-18-28(22)27/h8-16,18H,5-7,17H2,1-4H3/q+1. The molecule has 4 aromatic rings. The Balaban J connectivity index is 1.96. The van der Waals surface area contributed by atoms with Gasteiger partial charge in [-0.1, -0.05) is 51.1 Å². The van der Waals surface area contributed by atoms with E-state index in [2.05, 4.69) is 93.1 Å². The Bertz CT molecular complexity index is 1220. The summed E-state index contributed by atoms with van der Waals surface area (Å²) in [5.74, 6) is 0. The number of benzene rings is 2. The Labute approximate surface area is 173 Å². The molecule has 5 rings (SSSR count). The van der Waals surface area contributed by atoms with Crippen molar-refractivity contribution in [2.75, 3.05) is 0 Å². The Morgan fingerprint density at radius 2 is 1.66 bits per heavy atom. The minimum absolute atomic E-state index is 0.0410. The van der Waals surface area contributed by atoms with Crippen molar-refractivity contribution in [3.63, 3.8) is 0 Å². The van der Waals surface area contributed by atoms with Gasteiger partial charge in [0.05, 0.1) is 11.0 Å². The maximum absolute atomic E-state index is 6.49. The quantitative estimate of drug-likeness (QED) is 0.342. The molecule has 0 saturated heterocycles. The summed E-state index contributed by atoms with van der Waals surface area (Å²) in [6.45, 7) is 9.50. The lowest BCUT2D eigenvalue weighted by Crippen LogP contribution is -2.69. The molecule has 0 spiro atoms. The molecule has 2 heteroatoms. The predicted molar refractivity (Wildman–Crippen MR) is 120 cm³/mol. The summed E-state index contributed by atoms with van der Waals surface area (Å²) in [5.41, 5.74) is 6.12. The number of aromatic nitrogens is 1. The second kappa shape index (κ2) is 6.45. The van der Waals surface area contributed by atoms with E-state index in [0.29, 0.717) is 0 Å². The van der Waals surface area contributed by atoms with Crippen LogP contribution in [0.3, 0.4) is 0 Å². The lowest BCUT2D eigenvalue weighted by Gasteiger charge is -2.48. The molecule has 0 bridgehead atoms. The van der Waals surface area contributed by atoms with Crippen molar-refractivity contribution in [3.8, 4) is 11.3 Å². The second-order valence-electron chi connectivity index (χ2n) is 8.74. The first-order chi connectivity index (χ1) is 14.1. The van der Waals surface area contributed by atoms with Crippen LogP contribution in [-0.2, 0) is 11.0 Å². The highest BCUT2D eigenvalue weighted by Gasteiger charge is 2.59. The first kappa shape index (κ1) is 18.4. The number of furan rings is 1. The highest BCUT2D eigenvalue weighted by Crippen LogP contribution is 2.53. The number of pyridine rings is 1. The van der Waals surface area contributed by atoms with E-state index in [4.69, 9.17) is 4.42 Å². The molecule has 148 valence electrons. The maximum atomic E-state index is 6.49. The zero-order valence-electron chi connectivity index (χ0n) is 18.0. The van der Waals surface area contributed by atoms with E-state index in [0.717, 1.165) is 24.0 Å². The van der Waals surface area contributed by atoms with Crippen molar-refractivity contribution in [1.29, 1.82) is 0 Å². The third-order valence-electron chi connectivity index (χ3n) is 7.70. The molecule has 0 aliphatic carbocycles. The van der Waals surface area contributed by atoms with Crippen molar-refractivity contribution in [1.82, 2.24) is 0 Å². The van der Waals surface area contributed by atoms with Gasteiger partial charge in [-0.05, 0) is 37.5 Å². The molecule has 1 aliphatic rings. The molecule has 0 fully saturated rings. The van der Waals surface area contributed by atoms with Crippen LogP contribution in [0.2, 0.25) is 0 Å². The van der Waals surface area contributed by atoms with Crippen LogP contribution in [-0.4, -0.2) is 0 Å². The molecule has 2 nitrogen and oxygen atoms in total. The third kappa shape index (κ3) is 2.20. The van der Waals surface area contributed by atoms with Crippen LogP contribution in [0.4, 0.5) is 0 Å². The molecule has 1 aliphatic heterocycles. The lowest BCUT2D eigenvalue weighted by atomic mass is 9.58. The molecular weight excluding hydrogens is 354 g/mol. The van der Waals surface area contributed by atoms with E-state index in [1.165, 1.54) is 40.4 Å². The SMILES string of the molecule is CCCC1(CC)[n+]2ccccc2-c2c(ccc3c2oc2ccccc23)C1(C)CC. The zero-order chi connectivity index (χ0) is 20.2. The maximum Gasteiger partial charge on any atom is 0.217 e. The van der Waals surface area contributed by atoms with Gasteiger partial charge in [0.2, 0.25) is 5.69 Å². The van der Waals surface area contributed by atoms with Crippen LogP contribution in [0.25, 0.3) is 33.2 Å². The molecule has 0 amide bonds. The Morgan fingerprint density at radius 3 is 2.41 bits per heavy atom. The Kier molecular flexibility index (Phi) is 4.10. The Hall–Kier alpha value is -2.61. The van der Waals surface area contributed by atoms with Crippen molar-refractivity contribution in [2.45, 2.75) is 64.3 Å². The fourth-order valence-electron chi connectivity index (χ4n) is 6.11. The molecule has 0 radical (unpaired) electrons. The van der Waals surface area contributed by atoms with E-state index in [-0.39, 0.29) is 11.0 Å². The number of fused-ring (bicyclic) bond motifs is 7. The summed E-state index contributed by atoms with van der Waals surface area (Å²) < 4.78 is 9.07. The normalized spacial score (nSPS) is 23.3. The molecule has 2 atom stereocenters. The predicted octanol–water partition coefficient (Wildman–Crippen LogP) is 7.13.